The number of aromatic amines is 1. The Hall–Kier alpha value is -3.27. The van der Waals surface area contributed by atoms with Gasteiger partial charge in [0.15, 0.2) is 0 Å². The molecule has 0 fully saturated rings. The van der Waals surface area contributed by atoms with Gasteiger partial charge in [-0.15, -0.1) is 0 Å². The first-order valence-corrected chi connectivity index (χ1v) is 7.94. The Kier molecular flexibility index (Phi) is 2.67. The van der Waals surface area contributed by atoms with Crippen LogP contribution in [0.4, 0.5) is 0 Å². The van der Waals surface area contributed by atoms with Gasteiger partial charge in [-0.3, -0.25) is 4.98 Å². The average molecular weight is 311 g/mol. The summed E-state index contributed by atoms with van der Waals surface area (Å²) in [5.41, 5.74) is 6.54. The molecule has 4 nitrogen and oxygen atoms in total. The van der Waals surface area contributed by atoms with E-state index in [1.165, 1.54) is 10.8 Å². The van der Waals surface area contributed by atoms with E-state index in [1.54, 1.807) is 0 Å². The maximum Gasteiger partial charge on any atom is 0.262 e. The zero-order valence-electron chi connectivity index (χ0n) is 13.2. The molecule has 0 saturated carbocycles. The number of hydrogen-bond acceptors (Lipinski definition) is 2. The van der Waals surface area contributed by atoms with Crippen molar-refractivity contribution < 1.29 is 4.52 Å². The zero-order valence-corrected chi connectivity index (χ0v) is 13.2. The molecule has 114 valence electrons. The van der Waals surface area contributed by atoms with Gasteiger partial charge in [0.1, 0.15) is 5.52 Å². The smallest absolute Gasteiger partial charge is 0.262 e. The topological polar surface area (TPSA) is 45.7 Å². The van der Waals surface area contributed by atoms with Crippen LogP contribution in [0.2, 0.25) is 0 Å². The number of fused-ring (bicyclic) bond motifs is 5. The number of aromatic nitrogens is 4. The summed E-state index contributed by atoms with van der Waals surface area (Å²) in [7, 11) is 0. The number of pyridine rings is 2. The van der Waals surface area contributed by atoms with Crippen LogP contribution < -0.4 is 4.52 Å². The van der Waals surface area contributed by atoms with E-state index < -0.39 is 0 Å². The fourth-order valence-corrected chi connectivity index (χ4v) is 3.37. The molecule has 0 radical (unpaired) electrons. The number of hydrogen-bond donors (Lipinski definition) is 1. The molecular formula is C20H15N4+. The van der Waals surface area contributed by atoms with Crippen LogP contribution in [-0.4, -0.2) is 15.1 Å². The summed E-state index contributed by atoms with van der Waals surface area (Å²) in [6.07, 6.45) is 5.71. The van der Waals surface area contributed by atoms with Gasteiger partial charge in [0.05, 0.1) is 11.2 Å². The molecule has 0 aliphatic carbocycles. The SMILES string of the molecule is Cc1[nH][n+]2ccc3c4ccccc4nc3c2cc1-c1ccncc1. The number of para-hydroxylation sites is 1. The van der Waals surface area contributed by atoms with E-state index in [2.05, 4.69) is 53.5 Å². The van der Waals surface area contributed by atoms with Crippen LogP contribution in [-0.2, 0) is 0 Å². The second-order valence-electron chi connectivity index (χ2n) is 5.99. The van der Waals surface area contributed by atoms with Crippen molar-refractivity contribution in [3.63, 3.8) is 0 Å². The molecule has 4 aromatic heterocycles. The Labute approximate surface area is 138 Å². The monoisotopic (exact) mass is 311 g/mol. The van der Waals surface area contributed by atoms with Gasteiger partial charge in [-0.25, -0.2) is 4.98 Å². The summed E-state index contributed by atoms with van der Waals surface area (Å²) in [4.78, 5) is 8.97. The van der Waals surface area contributed by atoms with Crippen LogP contribution in [0.1, 0.15) is 5.69 Å². The molecule has 0 aliphatic heterocycles. The first-order valence-electron chi connectivity index (χ1n) is 7.94. The van der Waals surface area contributed by atoms with Crippen LogP contribution >= 0.6 is 0 Å². The summed E-state index contributed by atoms with van der Waals surface area (Å²) < 4.78 is 2.04. The first-order chi connectivity index (χ1) is 11.8. The molecule has 0 atom stereocenters. The number of nitrogens with one attached hydrogen (secondary N) is 1. The molecule has 4 heteroatoms. The van der Waals surface area contributed by atoms with Crippen LogP contribution in [0, 0.1) is 6.92 Å². The quantitative estimate of drug-likeness (QED) is 0.478. The van der Waals surface area contributed by atoms with E-state index in [4.69, 9.17) is 4.98 Å². The van der Waals surface area contributed by atoms with Crippen molar-refractivity contribution >= 4 is 27.3 Å². The van der Waals surface area contributed by atoms with E-state index >= 15 is 0 Å². The molecule has 4 heterocycles. The molecular weight excluding hydrogens is 296 g/mol. The van der Waals surface area contributed by atoms with Gasteiger partial charge in [-0.05, 0) is 30.7 Å². The molecule has 1 aromatic carbocycles. The van der Waals surface area contributed by atoms with Crippen LogP contribution in [0.15, 0.2) is 67.1 Å². The second-order valence-corrected chi connectivity index (χ2v) is 5.99. The van der Waals surface area contributed by atoms with Gasteiger partial charge < -0.3 is 0 Å². The maximum absolute atomic E-state index is 4.85. The number of nitrogens with zero attached hydrogens (tertiary/aromatic N) is 3. The van der Waals surface area contributed by atoms with Crippen molar-refractivity contribution in [1.29, 1.82) is 0 Å². The lowest BCUT2D eigenvalue weighted by molar-refractivity contribution is -0.580. The predicted molar refractivity (Wildman–Crippen MR) is 94.7 cm³/mol. The van der Waals surface area contributed by atoms with Crippen LogP contribution in [0.25, 0.3) is 38.4 Å². The lowest BCUT2D eigenvalue weighted by Gasteiger charge is -2.04. The van der Waals surface area contributed by atoms with Crippen molar-refractivity contribution in [3.8, 4) is 11.1 Å². The Morgan fingerprint density at radius 2 is 1.79 bits per heavy atom. The summed E-state index contributed by atoms with van der Waals surface area (Å²) in [6, 6.07) is 16.7. The molecule has 5 aromatic rings. The van der Waals surface area contributed by atoms with Crippen LogP contribution in [0.3, 0.4) is 0 Å². The Balaban J connectivity index is 1.91. The molecule has 24 heavy (non-hydrogen) atoms. The largest absolute Gasteiger partial charge is 0.265 e. The highest BCUT2D eigenvalue weighted by Gasteiger charge is 2.17. The van der Waals surface area contributed by atoms with Gasteiger partial charge >= 0.3 is 0 Å². The fraction of sp³-hybridized carbons (Fsp3) is 0.0500. The van der Waals surface area contributed by atoms with E-state index in [0.717, 1.165) is 33.4 Å². The second kappa shape index (κ2) is 4.86. The highest BCUT2D eigenvalue weighted by atomic mass is 15.2. The highest BCUT2D eigenvalue weighted by Crippen LogP contribution is 2.28. The van der Waals surface area contributed by atoms with Gasteiger partial charge in [0.2, 0.25) is 6.20 Å². The summed E-state index contributed by atoms with van der Waals surface area (Å²) >= 11 is 0. The average Bonchev–Trinajstić information content (AvgIpc) is 3.01. The molecule has 0 amide bonds. The van der Waals surface area contributed by atoms with Gasteiger partial charge in [-0.1, -0.05) is 22.7 Å². The third kappa shape index (κ3) is 1.83. The maximum atomic E-state index is 4.85. The number of rotatable bonds is 1. The van der Waals surface area contributed by atoms with E-state index in [-0.39, 0.29) is 0 Å². The number of H-pyrrole nitrogens is 1. The Morgan fingerprint density at radius 1 is 0.958 bits per heavy atom. The van der Waals surface area contributed by atoms with Crippen molar-refractivity contribution in [1.82, 2.24) is 15.1 Å². The van der Waals surface area contributed by atoms with Crippen molar-refractivity contribution in [2.24, 2.45) is 0 Å². The molecule has 1 N–H and O–H groups in total. The zero-order chi connectivity index (χ0) is 16.1. The molecule has 0 saturated heterocycles. The third-order valence-electron chi connectivity index (χ3n) is 4.54. The minimum absolute atomic E-state index is 1.02. The van der Waals surface area contributed by atoms with Gasteiger partial charge in [-0.2, -0.15) is 5.10 Å². The summed E-state index contributed by atoms with van der Waals surface area (Å²) in [5, 5.41) is 5.83. The van der Waals surface area contributed by atoms with E-state index in [9.17, 15) is 0 Å². The van der Waals surface area contributed by atoms with E-state index in [0.29, 0.717) is 0 Å². The minimum Gasteiger partial charge on any atom is -0.265 e. The lowest BCUT2D eigenvalue weighted by Crippen LogP contribution is -2.27. The van der Waals surface area contributed by atoms with Crippen molar-refractivity contribution in [2.45, 2.75) is 6.92 Å². The van der Waals surface area contributed by atoms with Gasteiger partial charge in [0, 0.05) is 40.9 Å². The van der Waals surface area contributed by atoms with E-state index in [1.807, 2.05) is 35.1 Å². The highest BCUT2D eigenvalue weighted by molar-refractivity contribution is 6.11. The predicted octanol–water partition coefficient (Wildman–Crippen LogP) is 3.83. The minimum atomic E-state index is 1.02. The number of aryl methyl sites for hydroxylation is 1. The molecule has 0 unspecified atom stereocenters. The summed E-state index contributed by atoms with van der Waals surface area (Å²) in [5.74, 6) is 0. The fourth-order valence-electron chi connectivity index (χ4n) is 3.37. The molecule has 0 bridgehead atoms. The van der Waals surface area contributed by atoms with Crippen LogP contribution in [0.5, 0.6) is 0 Å². The van der Waals surface area contributed by atoms with Gasteiger partial charge in [0.25, 0.3) is 5.52 Å². The molecule has 5 rings (SSSR count). The Morgan fingerprint density at radius 3 is 2.67 bits per heavy atom. The lowest BCUT2D eigenvalue weighted by atomic mass is 10.1. The summed E-state index contributed by atoms with van der Waals surface area (Å²) in [6.45, 7) is 2.08. The van der Waals surface area contributed by atoms with Crippen molar-refractivity contribution in [3.05, 3.63) is 72.8 Å². The number of benzene rings is 1. The Bertz CT molecular complexity index is 1210. The molecule has 0 spiro atoms. The normalized spacial score (nSPS) is 11.5. The first kappa shape index (κ1) is 13.2. The molecule has 0 aliphatic rings. The standard InChI is InChI=1S/C20H14N4/c1-13-17(14-6-9-21-10-7-14)12-19-20-16(8-11-24(19)23-13)15-4-2-3-5-18(15)22-20/h2-12H,1H3/p+1. The van der Waals surface area contributed by atoms with Crippen molar-refractivity contribution in [2.75, 3.05) is 0 Å². The third-order valence-corrected chi connectivity index (χ3v) is 4.54.